The van der Waals surface area contributed by atoms with Gasteiger partial charge in [0, 0.05) is 34.8 Å². The summed E-state index contributed by atoms with van der Waals surface area (Å²) < 4.78 is 1.34. The fourth-order valence-electron chi connectivity index (χ4n) is 2.69. The maximum absolute atomic E-state index is 11.7. The lowest BCUT2D eigenvalue weighted by Crippen LogP contribution is -2.16. The molecule has 0 saturated carbocycles. The molecule has 0 bridgehead atoms. The van der Waals surface area contributed by atoms with Gasteiger partial charge in [-0.2, -0.15) is 0 Å². The Balaban J connectivity index is 2.69. The van der Waals surface area contributed by atoms with Crippen LogP contribution in [0.3, 0.4) is 0 Å². The number of aliphatic hydroxyl groups excluding tert-OH is 1. The number of nitrogens with two attached hydrogens (primary N) is 1. The molecule has 2 rings (SSSR count). The van der Waals surface area contributed by atoms with E-state index in [4.69, 9.17) is 10.8 Å². The minimum Gasteiger partial charge on any atom is -0.464 e. The molecule has 0 amide bonds. The van der Waals surface area contributed by atoms with E-state index in [1.165, 1.54) is 4.57 Å². The molecule has 2 aromatic rings. The van der Waals surface area contributed by atoms with E-state index in [0.717, 1.165) is 16.8 Å². The summed E-state index contributed by atoms with van der Waals surface area (Å²) in [6.45, 7) is 3.94. The van der Waals surface area contributed by atoms with E-state index in [9.17, 15) is 9.90 Å². The van der Waals surface area contributed by atoms with Gasteiger partial charge in [0.25, 0.3) is 0 Å². The number of nitrogen functional groups attached to an aromatic ring is 1. The monoisotopic (exact) mass is 302 g/mol. The number of carboxylic acid groups (broad SMARTS) is 1. The number of anilines is 1. The molecule has 118 valence electrons. The summed E-state index contributed by atoms with van der Waals surface area (Å²) in [5.74, 6) is 0.0719. The van der Waals surface area contributed by atoms with Crippen molar-refractivity contribution in [2.45, 2.75) is 32.6 Å². The highest BCUT2D eigenvalue weighted by atomic mass is 16.4. The molecule has 0 aliphatic carbocycles. The summed E-state index contributed by atoms with van der Waals surface area (Å²) in [6, 6.07) is 9.33. The van der Waals surface area contributed by atoms with Crippen LogP contribution >= 0.6 is 0 Å². The number of nitrogens with zero attached hydrogens (tertiary/aromatic N) is 1. The lowest BCUT2D eigenvalue weighted by molar-refractivity contribution is 0.194. The molecule has 1 aromatic heterocycles. The van der Waals surface area contributed by atoms with E-state index in [2.05, 4.69) is 0 Å². The van der Waals surface area contributed by atoms with Gasteiger partial charge in [-0.25, -0.2) is 4.79 Å². The number of carbonyl (C=O) groups is 1. The molecular weight excluding hydrogens is 280 g/mol. The van der Waals surface area contributed by atoms with Crippen molar-refractivity contribution in [1.82, 2.24) is 4.57 Å². The quantitative estimate of drug-likeness (QED) is 0.739. The highest BCUT2D eigenvalue weighted by Crippen LogP contribution is 2.34. The van der Waals surface area contributed by atoms with Crippen molar-refractivity contribution in [2.75, 3.05) is 12.3 Å². The first-order chi connectivity index (χ1) is 10.5. The molecule has 5 nitrogen and oxygen atoms in total. The Morgan fingerprint density at radius 1 is 1.27 bits per heavy atom. The molecule has 4 N–H and O–H groups in total. The molecule has 0 unspecified atom stereocenters. The van der Waals surface area contributed by atoms with Crippen molar-refractivity contribution in [3.8, 4) is 11.1 Å². The van der Waals surface area contributed by atoms with E-state index >= 15 is 0 Å². The minimum absolute atomic E-state index is 0.0194. The van der Waals surface area contributed by atoms with Crippen LogP contribution in [0.15, 0.2) is 30.3 Å². The second-order valence-corrected chi connectivity index (χ2v) is 5.62. The van der Waals surface area contributed by atoms with Gasteiger partial charge in [-0.1, -0.05) is 32.0 Å². The fourth-order valence-corrected chi connectivity index (χ4v) is 2.69. The third kappa shape index (κ3) is 2.99. The maximum Gasteiger partial charge on any atom is 0.415 e. The van der Waals surface area contributed by atoms with Crippen molar-refractivity contribution in [2.24, 2.45) is 0 Å². The molecule has 22 heavy (non-hydrogen) atoms. The zero-order valence-electron chi connectivity index (χ0n) is 12.9. The van der Waals surface area contributed by atoms with E-state index in [-0.39, 0.29) is 12.5 Å². The van der Waals surface area contributed by atoms with Crippen LogP contribution in [-0.4, -0.2) is 27.5 Å². The molecule has 0 fully saturated rings. The third-order valence-corrected chi connectivity index (χ3v) is 3.74. The van der Waals surface area contributed by atoms with Crippen LogP contribution in [-0.2, 0) is 6.42 Å². The highest BCUT2D eigenvalue weighted by molar-refractivity contribution is 5.83. The topological polar surface area (TPSA) is 88.5 Å². The van der Waals surface area contributed by atoms with Crippen LogP contribution in [0.1, 0.15) is 37.6 Å². The minimum atomic E-state index is -1.00. The van der Waals surface area contributed by atoms with Crippen LogP contribution < -0.4 is 5.73 Å². The van der Waals surface area contributed by atoms with Gasteiger partial charge in [-0.15, -0.1) is 0 Å². The van der Waals surface area contributed by atoms with Gasteiger partial charge in [0.15, 0.2) is 0 Å². The van der Waals surface area contributed by atoms with Gasteiger partial charge in [-0.05, 0) is 30.9 Å². The second kappa shape index (κ2) is 6.66. The predicted molar refractivity (Wildman–Crippen MR) is 87.2 cm³/mol. The van der Waals surface area contributed by atoms with Crippen molar-refractivity contribution in [3.63, 3.8) is 0 Å². The Bertz CT molecular complexity index is 675. The standard InChI is InChI=1S/C17H22N2O3/c1-11(2)16-10-13(12-6-3-4-7-14(12)18)15(8-5-9-20)19(16)17(21)22/h3-4,6-7,10-11,20H,5,8-9,18H2,1-2H3,(H,21,22). The number of rotatable bonds is 5. The van der Waals surface area contributed by atoms with Gasteiger partial charge in [0.2, 0.25) is 0 Å². The first-order valence-electron chi connectivity index (χ1n) is 7.41. The van der Waals surface area contributed by atoms with Crippen molar-refractivity contribution < 1.29 is 15.0 Å². The highest BCUT2D eigenvalue weighted by Gasteiger charge is 2.22. The second-order valence-electron chi connectivity index (χ2n) is 5.62. The van der Waals surface area contributed by atoms with E-state index in [1.807, 2.05) is 38.1 Å². The molecule has 0 aliphatic heterocycles. The van der Waals surface area contributed by atoms with Crippen LogP contribution in [0.25, 0.3) is 11.1 Å². The lowest BCUT2D eigenvalue weighted by atomic mass is 10.0. The first kappa shape index (κ1) is 16.1. The van der Waals surface area contributed by atoms with E-state index in [1.54, 1.807) is 6.07 Å². The summed E-state index contributed by atoms with van der Waals surface area (Å²) in [6.07, 6.45) is -0.00861. The van der Waals surface area contributed by atoms with Crippen LogP contribution in [0.4, 0.5) is 10.5 Å². The number of benzene rings is 1. The van der Waals surface area contributed by atoms with Gasteiger partial charge < -0.3 is 15.9 Å². The number of aliphatic hydroxyl groups is 1. The Hall–Kier alpha value is -2.27. The largest absolute Gasteiger partial charge is 0.464 e. The smallest absolute Gasteiger partial charge is 0.415 e. The normalized spacial score (nSPS) is 11.1. The zero-order valence-corrected chi connectivity index (χ0v) is 12.9. The first-order valence-corrected chi connectivity index (χ1v) is 7.41. The fraction of sp³-hybridized carbons (Fsp3) is 0.353. The van der Waals surface area contributed by atoms with Crippen LogP contribution in [0.5, 0.6) is 0 Å². The average Bonchev–Trinajstić information content (AvgIpc) is 2.85. The molecule has 1 heterocycles. The predicted octanol–water partition coefficient (Wildman–Crippen LogP) is 3.31. The lowest BCUT2D eigenvalue weighted by Gasteiger charge is -2.12. The SMILES string of the molecule is CC(C)c1cc(-c2ccccc2N)c(CCCO)n1C(=O)O. The van der Waals surface area contributed by atoms with Crippen LogP contribution in [0, 0.1) is 0 Å². The van der Waals surface area contributed by atoms with E-state index in [0.29, 0.717) is 24.2 Å². The summed E-state index contributed by atoms with van der Waals surface area (Å²) >= 11 is 0. The number of aromatic nitrogens is 1. The van der Waals surface area contributed by atoms with Crippen molar-refractivity contribution in [3.05, 3.63) is 41.7 Å². The molecule has 0 atom stereocenters. The maximum atomic E-state index is 11.7. The molecule has 0 aliphatic rings. The Kier molecular flexibility index (Phi) is 4.88. The molecule has 0 radical (unpaired) electrons. The Morgan fingerprint density at radius 3 is 2.50 bits per heavy atom. The van der Waals surface area contributed by atoms with Gasteiger partial charge >= 0.3 is 6.09 Å². The molecular formula is C17H22N2O3. The summed E-state index contributed by atoms with van der Waals surface area (Å²) in [5, 5.41) is 18.7. The number of hydrogen-bond donors (Lipinski definition) is 3. The summed E-state index contributed by atoms with van der Waals surface area (Å²) in [7, 11) is 0. The molecule has 0 spiro atoms. The van der Waals surface area contributed by atoms with E-state index < -0.39 is 6.09 Å². The van der Waals surface area contributed by atoms with Crippen molar-refractivity contribution in [1.29, 1.82) is 0 Å². The third-order valence-electron chi connectivity index (χ3n) is 3.74. The molecule has 0 saturated heterocycles. The summed E-state index contributed by atoms with van der Waals surface area (Å²) in [4.78, 5) is 11.7. The Morgan fingerprint density at radius 2 is 1.95 bits per heavy atom. The zero-order chi connectivity index (χ0) is 16.3. The van der Waals surface area contributed by atoms with Gasteiger partial charge in [0.1, 0.15) is 0 Å². The number of hydrogen-bond acceptors (Lipinski definition) is 3. The molecule has 1 aromatic carbocycles. The van der Waals surface area contributed by atoms with Crippen LogP contribution in [0.2, 0.25) is 0 Å². The summed E-state index contributed by atoms with van der Waals surface area (Å²) in [5.41, 5.74) is 9.75. The van der Waals surface area contributed by atoms with Gasteiger partial charge in [-0.3, -0.25) is 4.57 Å². The van der Waals surface area contributed by atoms with Crippen molar-refractivity contribution >= 4 is 11.8 Å². The molecule has 5 heteroatoms. The number of para-hydroxylation sites is 1. The average molecular weight is 302 g/mol. The van der Waals surface area contributed by atoms with Gasteiger partial charge in [0.05, 0.1) is 0 Å². The Labute approximate surface area is 130 Å².